The zero-order chi connectivity index (χ0) is 19.6. The van der Waals surface area contributed by atoms with E-state index in [2.05, 4.69) is 5.32 Å². The first-order valence-electron chi connectivity index (χ1n) is 8.78. The molecule has 27 heavy (non-hydrogen) atoms. The van der Waals surface area contributed by atoms with Crippen molar-refractivity contribution in [3.63, 3.8) is 0 Å². The maximum Gasteiger partial charge on any atom is 0.313 e. The van der Waals surface area contributed by atoms with Gasteiger partial charge in [-0.15, -0.1) is 0 Å². The summed E-state index contributed by atoms with van der Waals surface area (Å²) in [6.07, 6.45) is 0.607. The molecule has 0 saturated carbocycles. The van der Waals surface area contributed by atoms with E-state index in [0.29, 0.717) is 24.5 Å². The highest BCUT2D eigenvalue weighted by Gasteiger charge is 2.20. The van der Waals surface area contributed by atoms with Gasteiger partial charge in [-0.05, 0) is 29.7 Å². The molecule has 0 unspecified atom stereocenters. The minimum Gasteiger partial charge on any atom is -0.493 e. The van der Waals surface area contributed by atoms with Gasteiger partial charge in [0.1, 0.15) is 0 Å². The van der Waals surface area contributed by atoms with Crippen molar-refractivity contribution in [2.24, 2.45) is 0 Å². The fourth-order valence-electron chi connectivity index (χ4n) is 2.70. The maximum atomic E-state index is 12.3. The molecular formula is C21H25NO5. The number of carbonyl (C=O) groups excluding carboxylic acids is 2. The van der Waals surface area contributed by atoms with Crippen molar-refractivity contribution in [2.45, 2.75) is 25.8 Å². The molecule has 0 aliphatic rings. The molecule has 2 rings (SSSR count). The third-order valence-corrected chi connectivity index (χ3v) is 4.18. The minimum absolute atomic E-state index is 0.298. The van der Waals surface area contributed by atoms with Crippen LogP contribution in [0.1, 0.15) is 30.4 Å². The van der Waals surface area contributed by atoms with Crippen LogP contribution in [-0.2, 0) is 20.9 Å². The summed E-state index contributed by atoms with van der Waals surface area (Å²) in [6, 6.07) is 14.8. The summed E-state index contributed by atoms with van der Waals surface area (Å²) in [6.45, 7) is 1.90. The van der Waals surface area contributed by atoms with Gasteiger partial charge in [-0.25, -0.2) is 0 Å². The van der Waals surface area contributed by atoms with Crippen LogP contribution >= 0.6 is 0 Å². The zero-order valence-corrected chi connectivity index (χ0v) is 15.9. The highest BCUT2D eigenvalue weighted by Crippen LogP contribution is 2.27. The lowest BCUT2D eigenvalue weighted by atomic mass is 9.97. The summed E-state index contributed by atoms with van der Waals surface area (Å²) in [7, 11) is 3.11. The van der Waals surface area contributed by atoms with Crippen LogP contribution < -0.4 is 14.8 Å². The van der Waals surface area contributed by atoms with Crippen LogP contribution in [-0.4, -0.2) is 32.7 Å². The number of nitrogens with one attached hydrogen (secondary N) is 1. The lowest BCUT2D eigenvalue weighted by molar-refractivity contribution is -0.150. The zero-order valence-electron chi connectivity index (χ0n) is 15.9. The Balaban J connectivity index is 1.84. The van der Waals surface area contributed by atoms with Gasteiger partial charge in [-0.3, -0.25) is 9.59 Å². The minimum atomic E-state index is -0.398. The Morgan fingerprint density at radius 1 is 1.00 bits per heavy atom. The average Bonchev–Trinajstić information content (AvgIpc) is 2.71. The van der Waals surface area contributed by atoms with Crippen molar-refractivity contribution in [3.05, 3.63) is 59.7 Å². The molecule has 0 saturated heterocycles. The van der Waals surface area contributed by atoms with Crippen molar-refractivity contribution in [3.8, 4) is 11.5 Å². The lowest BCUT2D eigenvalue weighted by Gasteiger charge is -2.14. The van der Waals surface area contributed by atoms with Gasteiger partial charge in [-0.1, -0.05) is 43.3 Å². The van der Waals surface area contributed by atoms with Gasteiger partial charge in [0.2, 0.25) is 0 Å². The third-order valence-electron chi connectivity index (χ3n) is 4.18. The number of hydrogen-bond donors (Lipinski definition) is 1. The van der Waals surface area contributed by atoms with Crippen LogP contribution in [0.5, 0.6) is 11.5 Å². The van der Waals surface area contributed by atoms with E-state index in [1.807, 2.05) is 43.3 Å². The fraction of sp³-hybridized carbons (Fsp3) is 0.333. The van der Waals surface area contributed by atoms with E-state index in [9.17, 15) is 9.59 Å². The van der Waals surface area contributed by atoms with Gasteiger partial charge in [0.25, 0.3) is 5.91 Å². The number of rotatable bonds is 9. The highest BCUT2D eigenvalue weighted by atomic mass is 16.5. The van der Waals surface area contributed by atoms with Crippen LogP contribution in [0, 0.1) is 0 Å². The van der Waals surface area contributed by atoms with Gasteiger partial charge < -0.3 is 19.5 Å². The van der Waals surface area contributed by atoms with Crippen molar-refractivity contribution in [1.29, 1.82) is 0 Å². The second-order valence-electron chi connectivity index (χ2n) is 5.95. The second kappa shape index (κ2) is 10.2. The van der Waals surface area contributed by atoms with E-state index in [4.69, 9.17) is 14.2 Å². The molecule has 6 nitrogen and oxygen atoms in total. The Labute approximate surface area is 159 Å². The molecule has 0 fully saturated rings. The van der Waals surface area contributed by atoms with E-state index < -0.39 is 5.97 Å². The van der Waals surface area contributed by atoms with Crippen LogP contribution in [0.25, 0.3) is 0 Å². The molecule has 2 aromatic rings. The molecule has 0 aliphatic heterocycles. The Kier molecular flexibility index (Phi) is 7.67. The predicted molar refractivity (Wildman–Crippen MR) is 102 cm³/mol. The number of carbonyl (C=O) groups is 2. The first-order chi connectivity index (χ1) is 13.1. The van der Waals surface area contributed by atoms with E-state index >= 15 is 0 Å². The number of esters is 1. The molecule has 0 radical (unpaired) electrons. The van der Waals surface area contributed by atoms with Crippen LogP contribution in [0.2, 0.25) is 0 Å². The number of amides is 1. The number of hydrogen-bond acceptors (Lipinski definition) is 5. The van der Waals surface area contributed by atoms with E-state index in [0.717, 1.165) is 11.1 Å². The van der Waals surface area contributed by atoms with Gasteiger partial charge in [0.15, 0.2) is 18.1 Å². The number of benzene rings is 2. The van der Waals surface area contributed by atoms with Crippen LogP contribution in [0.4, 0.5) is 0 Å². The molecule has 144 valence electrons. The van der Waals surface area contributed by atoms with Crippen molar-refractivity contribution in [1.82, 2.24) is 5.32 Å². The van der Waals surface area contributed by atoms with E-state index in [-0.39, 0.29) is 18.4 Å². The normalized spacial score (nSPS) is 11.4. The van der Waals surface area contributed by atoms with Crippen LogP contribution in [0.3, 0.4) is 0 Å². The molecule has 2 aromatic carbocycles. The van der Waals surface area contributed by atoms with E-state index in [1.165, 1.54) is 0 Å². The van der Waals surface area contributed by atoms with Gasteiger partial charge in [0.05, 0.1) is 20.1 Å². The van der Waals surface area contributed by atoms with Gasteiger partial charge >= 0.3 is 5.97 Å². The molecule has 1 atom stereocenters. The third kappa shape index (κ3) is 5.74. The monoisotopic (exact) mass is 371 g/mol. The predicted octanol–water partition coefficient (Wildman–Crippen LogP) is 3.06. The smallest absolute Gasteiger partial charge is 0.313 e. The summed E-state index contributed by atoms with van der Waals surface area (Å²) >= 11 is 0. The van der Waals surface area contributed by atoms with Crippen molar-refractivity contribution in [2.75, 3.05) is 20.8 Å². The average molecular weight is 371 g/mol. The van der Waals surface area contributed by atoms with E-state index in [1.54, 1.807) is 26.4 Å². The number of ether oxygens (including phenoxy) is 3. The van der Waals surface area contributed by atoms with Crippen molar-refractivity contribution >= 4 is 11.9 Å². The summed E-state index contributed by atoms with van der Waals surface area (Å²) in [5, 5.41) is 2.73. The summed E-state index contributed by atoms with van der Waals surface area (Å²) in [4.78, 5) is 24.3. The van der Waals surface area contributed by atoms with Gasteiger partial charge in [-0.2, -0.15) is 0 Å². The lowest BCUT2D eigenvalue weighted by Crippen LogP contribution is -2.29. The summed E-state index contributed by atoms with van der Waals surface area (Å²) < 4.78 is 15.6. The molecule has 0 bridgehead atoms. The standard InChI is InChI=1S/C21H25NO5/c1-4-17(16-8-6-5-7-9-16)21(24)27-14-20(23)22-13-15-10-11-18(25-2)19(12-15)26-3/h5-12,17H,4,13-14H2,1-3H3,(H,22,23)/t17-/m0/s1. The summed E-state index contributed by atoms with van der Waals surface area (Å²) in [5.74, 6) is 0.0771. The Hall–Kier alpha value is -3.02. The topological polar surface area (TPSA) is 73.9 Å². The molecular weight excluding hydrogens is 346 g/mol. The second-order valence-corrected chi connectivity index (χ2v) is 5.95. The van der Waals surface area contributed by atoms with Crippen molar-refractivity contribution < 1.29 is 23.8 Å². The Morgan fingerprint density at radius 3 is 2.33 bits per heavy atom. The highest BCUT2D eigenvalue weighted by molar-refractivity contribution is 5.83. The quantitative estimate of drug-likeness (QED) is 0.686. The van der Waals surface area contributed by atoms with Gasteiger partial charge in [0, 0.05) is 6.54 Å². The SMILES string of the molecule is CC[C@H](C(=O)OCC(=O)NCc1ccc(OC)c(OC)c1)c1ccccc1. The Bertz CT molecular complexity index is 760. The first kappa shape index (κ1) is 20.3. The fourth-order valence-corrected chi connectivity index (χ4v) is 2.70. The molecule has 0 aromatic heterocycles. The molecule has 6 heteroatoms. The molecule has 0 spiro atoms. The Morgan fingerprint density at radius 2 is 1.70 bits per heavy atom. The first-order valence-corrected chi connectivity index (χ1v) is 8.78. The molecule has 0 aliphatic carbocycles. The molecule has 1 N–H and O–H groups in total. The maximum absolute atomic E-state index is 12.3. The number of methoxy groups -OCH3 is 2. The van der Waals surface area contributed by atoms with Crippen LogP contribution in [0.15, 0.2) is 48.5 Å². The molecule has 1 amide bonds. The molecule has 0 heterocycles. The summed E-state index contributed by atoms with van der Waals surface area (Å²) in [5.41, 5.74) is 1.73. The largest absolute Gasteiger partial charge is 0.493 e.